The molecule has 2 aromatic carbocycles. The number of carbonyl (C=O) groups excluding carboxylic acids is 2. The first-order chi connectivity index (χ1) is 16.2. The number of para-hydroxylation sites is 1. The summed E-state index contributed by atoms with van der Waals surface area (Å²) in [6.45, 7) is 3.75. The summed E-state index contributed by atoms with van der Waals surface area (Å²) in [5, 5.41) is 4.24. The molecule has 0 atom stereocenters. The Balaban J connectivity index is 1.13. The molecular formula is C26H30N4O2S. The number of piperidine rings is 1. The Hall–Kier alpha value is -2.77. The molecule has 3 heterocycles. The number of rotatable bonds is 5. The van der Waals surface area contributed by atoms with Crippen LogP contribution in [0.3, 0.4) is 0 Å². The van der Waals surface area contributed by atoms with E-state index in [0.717, 1.165) is 50.5 Å². The second-order valence-corrected chi connectivity index (χ2v) is 10.1. The van der Waals surface area contributed by atoms with Gasteiger partial charge in [0.2, 0.25) is 5.91 Å². The fraction of sp³-hybridized carbons (Fsp3) is 0.385. The van der Waals surface area contributed by atoms with Crippen LogP contribution in [-0.2, 0) is 4.79 Å². The summed E-state index contributed by atoms with van der Waals surface area (Å²) in [7, 11) is 0. The number of anilines is 1. The lowest BCUT2D eigenvalue weighted by Gasteiger charge is -2.31. The molecule has 33 heavy (non-hydrogen) atoms. The van der Waals surface area contributed by atoms with Crippen molar-refractivity contribution >= 4 is 40.2 Å². The molecule has 0 aliphatic carbocycles. The van der Waals surface area contributed by atoms with Gasteiger partial charge in [-0.3, -0.25) is 14.5 Å². The third-order valence-corrected chi connectivity index (χ3v) is 7.58. The van der Waals surface area contributed by atoms with Crippen molar-refractivity contribution in [2.75, 3.05) is 49.5 Å². The Kier molecular flexibility index (Phi) is 6.69. The van der Waals surface area contributed by atoms with Crippen LogP contribution in [0.5, 0.6) is 0 Å². The third-order valence-electron chi connectivity index (χ3n) is 6.64. The zero-order valence-corrected chi connectivity index (χ0v) is 19.6. The van der Waals surface area contributed by atoms with Gasteiger partial charge in [0, 0.05) is 53.0 Å². The van der Waals surface area contributed by atoms with Gasteiger partial charge in [-0.2, -0.15) is 11.8 Å². The highest BCUT2D eigenvalue weighted by atomic mass is 32.2. The summed E-state index contributed by atoms with van der Waals surface area (Å²) in [5.41, 5.74) is 3.81. The molecule has 3 aromatic rings. The molecule has 0 saturated carbocycles. The van der Waals surface area contributed by atoms with Crippen molar-refractivity contribution in [2.24, 2.45) is 0 Å². The van der Waals surface area contributed by atoms with Gasteiger partial charge in [-0.05, 0) is 61.6 Å². The van der Waals surface area contributed by atoms with Crippen LogP contribution in [0.2, 0.25) is 0 Å². The number of fused-ring (bicyclic) bond motifs is 1. The third kappa shape index (κ3) is 5.25. The van der Waals surface area contributed by atoms with E-state index >= 15 is 0 Å². The van der Waals surface area contributed by atoms with Crippen LogP contribution in [0, 0.1) is 0 Å². The summed E-state index contributed by atoms with van der Waals surface area (Å²) in [6, 6.07) is 18.0. The van der Waals surface area contributed by atoms with Crippen LogP contribution >= 0.6 is 11.8 Å². The summed E-state index contributed by atoms with van der Waals surface area (Å²) < 4.78 is 0. The molecule has 172 valence electrons. The normalized spacial score (nSPS) is 17.9. The molecule has 0 radical (unpaired) electrons. The maximum absolute atomic E-state index is 12.8. The van der Waals surface area contributed by atoms with Crippen molar-refractivity contribution < 1.29 is 9.59 Å². The molecule has 2 aliphatic heterocycles. The average Bonchev–Trinajstić information content (AvgIpc) is 3.29. The Morgan fingerprint density at radius 3 is 2.55 bits per heavy atom. The maximum Gasteiger partial charge on any atom is 0.253 e. The quantitative estimate of drug-likeness (QED) is 0.597. The standard InChI is InChI=1S/C26H30N4O2S/c31-25(27-22-6-3-5-21(16-22)26(32)30-12-14-33-15-13-30)18-29-10-8-19(9-11-29)24-17-20-4-1-2-7-23(20)28-24/h1-7,16-17,19,28H,8-15,18H2,(H,27,31). The molecule has 2 aliphatic rings. The van der Waals surface area contributed by atoms with Crippen molar-refractivity contribution in [3.63, 3.8) is 0 Å². The smallest absolute Gasteiger partial charge is 0.253 e. The minimum atomic E-state index is -0.0296. The van der Waals surface area contributed by atoms with Gasteiger partial charge in [0.05, 0.1) is 6.54 Å². The van der Waals surface area contributed by atoms with Crippen LogP contribution in [0.15, 0.2) is 54.6 Å². The highest BCUT2D eigenvalue weighted by Crippen LogP contribution is 2.29. The topological polar surface area (TPSA) is 68.4 Å². The number of hydrogen-bond donors (Lipinski definition) is 2. The number of benzene rings is 2. The predicted octanol–water partition coefficient (Wildman–Crippen LogP) is 4.18. The second-order valence-electron chi connectivity index (χ2n) is 8.90. The molecule has 2 saturated heterocycles. The van der Waals surface area contributed by atoms with E-state index in [2.05, 4.69) is 45.5 Å². The van der Waals surface area contributed by atoms with E-state index in [1.165, 1.54) is 16.6 Å². The first-order valence-electron chi connectivity index (χ1n) is 11.7. The summed E-state index contributed by atoms with van der Waals surface area (Å²) in [5.74, 6) is 2.49. The van der Waals surface area contributed by atoms with Gasteiger partial charge in [-0.25, -0.2) is 0 Å². The minimum Gasteiger partial charge on any atom is -0.358 e. The van der Waals surface area contributed by atoms with Crippen molar-refractivity contribution in [1.29, 1.82) is 0 Å². The van der Waals surface area contributed by atoms with Gasteiger partial charge in [0.1, 0.15) is 0 Å². The number of thioether (sulfide) groups is 1. The number of carbonyl (C=O) groups is 2. The van der Waals surface area contributed by atoms with Gasteiger partial charge >= 0.3 is 0 Å². The average molecular weight is 463 g/mol. The molecule has 7 heteroatoms. The molecule has 2 amide bonds. The Morgan fingerprint density at radius 2 is 1.76 bits per heavy atom. The van der Waals surface area contributed by atoms with Gasteiger partial charge in [0.25, 0.3) is 5.91 Å². The van der Waals surface area contributed by atoms with Crippen LogP contribution in [0.4, 0.5) is 5.69 Å². The Morgan fingerprint density at radius 1 is 0.970 bits per heavy atom. The highest BCUT2D eigenvalue weighted by molar-refractivity contribution is 7.99. The number of aromatic amines is 1. The predicted molar refractivity (Wildman–Crippen MR) is 135 cm³/mol. The van der Waals surface area contributed by atoms with E-state index in [-0.39, 0.29) is 11.8 Å². The van der Waals surface area contributed by atoms with Crippen LogP contribution in [-0.4, -0.2) is 70.8 Å². The largest absolute Gasteiger partial charge is 0.358 e. The van der Waals surface area contributed by atoms with E-state index in [0.29, 0.717) is 23.7 Å². The van der Waals surface area contributed by atoms with E-state index in [4.69, 9.17) is 0 Å². The maximum atomic E-state index is 12.8. The summed E-state index contributed by atoms with van der Waals surface area (Å²) in [6.07, 6.45) is 2.08. The van der Waals surface area contributed by atoms with Gasteiger partial charge in [-0.1, -0.05) is 24.3 Å². The van der Waals surface area contributed by atoms with Crippen molar-refractivity contribution in [2.45, 2.75) is 18.8 Å². The number of likely N-dealkylation sites (tertiary alicyclic amines) is 1. The lowest BCUT2D eigenvalue weighted by molar-refractivity contribution is -0.117. The molecule has 0 unspecified atom stereocenters. The van der Waals surface area contributed by atoms with Crippen molar-refractivity contribution in [1.82, 2.24) is 14.8 Å². The first kappa shape index (κ1) is 22.0. The van der Waals surface area contributed by atoms with Gasteiger partial charge < -0.3 is 15.2 Å². The number of nitrogens with zero attached hydrogens (tertiary/aromatic N) is 2. The molecule has 6 nitrogen and oxygen atoms in total. The number of nitrogens with one attached hydrogen (secondary N) is 2. The van der Waals surface area contributed by atoms with E-state index < -0.39 is 0 Å². The first-order valence-corrected chi connectivity index (χ1v) is 12.9. The van der Waals surface area contributed by atoms with Crippen LogP contribution in [0.25, 0.3) is 10.9 Å². The molecule has 5 rings (SSSR count). The van der Waals surface area contributed by atoms with Gasteiger partial charge in [0.15, 0.2) is 0 Å². The molecule has 2 fully saturated rings. The fourth-order valence-electron chi connectivity index (χ4n) is 4.80. The Labute approximate surface area is 198 Å². The number of hydrogen-bond acceptors (Lipinski definition) is 4. The molecule has 2 N–H and O–H groups in total. The molecule has 0 spiro atoms. The minimum absolute atomic E-state index is 0.0296. The number of amides is 2. The van der Waals surface area contributed by atoms with Crippen LogP contribution < -0.4 is 5.32 Å². The monoisotopic (exact) mass is 462 g/mol. The Bertz CT molecular complexity index is 1100. The second kappa shape index (κ2) is 10.0. The number of aromatic nitrogens is 1. The fourth-order valence-corrected chi connectivity index (χ4v) is 5.70. The SMILES string of the molecule is O=C(CN1CCC(c2cc3ccccc3[nH]2)CC1)Nc1cccc(C(=O)N2CCSCC2)c1. The molecular weight excluding hydrogens is 432 g/mol. The molecule has 0 bridgehead atoms. The lowest BCUT2D eigenvalue weighted by Crippen LogP contribution is -2.39. The van der Waals surface area contributed by atoms with E-state index in [1.807, 2.05) is 34.9 Å². The van der Waals surface area contributed by atoms with E-state index in [9.17, 15) is 9.59 Å². The number of H-pyrrole nitrogens is 1. The van der Waals surface area contributed by atoms with E-state index in [1.54, 1.807) is 6.07 Å². The molecule has 1 aromatic heterocycles. The van der Waals surface area contributed by atoms with Crippen molar-refractivity contribution in [3.8, 4) is 0 Å². The van der Waals surface area contributed by atoms with Crippen molar-refractivity contribution in [3.05, 3.63) is 65.9 Å². The summed E-state index contributed by atoms with van der Waals surface area (Å²) >= 11 is 1.88. The van der Waals surface area contributed by atoms with Gasteiger partial charge in [-0.15, -0.1) is 0 Å². The summed E-state index contributed by atoms with van der Waals surface area (Å²) in [4.78, 5) is 33.1. The zero-order valence-electron chi connectivity index (χ0n) is 18.8. The lowest BCUT2D eigenvalue weighted by atomic mass is 9.93. The zero-order chi connectivity index (χ0) is 22.6. The highest BCUT2D eigenvalue weighted by Gasteiger charge is 2.23. The van der Waals surface area contributed by atoms with Crippen LogP contribution in [0.1, 0.15) is 34.8 Å².